The van der Waals surface area contributed by atoms with Crippen LogP contribution >= 0.6 is 0 Å². The lowest BCUT2D eigenvalue weighted by Gasteiger charge is -2.13. The quantitative estimate of drug-likeness (QED) is 0.185. The third-order valence-electron chi connectivity index (χ3n) is 11.2. The first-order valence-corrected chi connectivity index (χ1v) is 17.9. The summed E-state index contributed by atoms with van der Waals surface area (Å²) in [6.07, 6.45) is 0. The van der Waals surface area contributed by atoms with Crippen LogP contribution < -0.4 is 0 Å². The van der Waals surface area contributed by atoms with Gasteiger partial charge in [0, 0.05) is 38.2 Å². The summed E-state index contributed by atoms with van der Waals surface area (Å²) in [7, 11) is 0. The summed E-state index contributed by atoms with van der Waals surface area (Å²) in [5, 5.41) is 9.96. The van der Waals surface area contributed by atoms with Crippen LogP contribution in [0.2, 0.25) is 0 Å². The average Bonchev–Trinajstić information content (AvgIpc) is 3.84. The Morgan fingerprint density at radius 1 is 0.346 bits per heavy atom. The van der Waals surface area contributed by atoms with Crippen molar-refractivity contribution in [2.45, 2.75) is 0 Å². The topological polar surface area (TPSA) is 22.8 Å². The number of benzene rings is 8. The van der Waals surface area contributed by atoms with Crippen LogP contribution in [0.3, 0.4) is 0 Å². The molecule has 8 aromatic carbocycles. The molecule has 3 aromatic heterocycles. The van der Waals surface area contributed by atoms with Crippen molar-refractivity contribution >= 4 is 65.2 Å². The van der Waals surface area contributed by atoms with Gasteiger partial charge in [0.05, 0.1) is 27.8 Å². The number of fused-ring (bicyclic) bond motifs is 11. The number of aromatic nitrogens is 3. The summed E-state index contributed by atoms with van der Waals surface area (Å²) in [5.74, 6) is 0.939. The van der Waals surface area contributed by atoms with Crippen LogP contribution in [0.1, 0.15) is 0 Å². The van der Waals surface area contributed by atoms with E-state index in [1.807, 2.05) is 0 Å². The lowest BCUT2D eigenvalue weighted by atomic mass is 9.94. The first kappa shape index (κ1) is 27.8. The Bertz CT molecular complexity index is 3290. The van der Waals surface area contributed by atoms with Gasteiger partial charge in [-0.3, -0.25) is 4.57 Å². The van der Waals surface area contributed by atoms with Gasteiger partial charge in [-0.2, -0.15) is 0 Å². The molecule has 0 saturated heterocycles. The molecule has 1 aliphatic carbocycles. The summed E-state index contributed by atoms with van der Waals surface area (Å²) in [6.45, 7) is 0. The van der Waals surface area contributed by atoms with Crippen molar-refractivity contribution in [1.29, 1.82) is 0 Å². The van der Waals surface area contributed by atoms with E-state index in [-0.39, 0.29) is 0 Å². The molecule has 1 aliphatic rings. The number of pyridine rings is 1. The van der Waals surface area contributed by atoms with Crippen LogP contribution in [0, 0.1) is 0 Å². The molecule has 0 atom stereocenters. The Morgan fingerprint density at radius 2 is 1.00 bits per heavy atom. The molecule has 0 bridgehead atoms. The minimum absolute atomic E-state index is 0.939. The maximum absolute atomic E-state index is 5.43. The van der Waals surface area contributed by atoms with Crippen molar-refractivity contribution in [3.05, 3.63) is 176 Å². The number of rotatable bonds is 3. The Morgan fingerprint density at radius 3 is 1.85 bits per heavy atom. The minimum Gasteiger partial charge on any atom is -0.309 e. The van der Waals surface area contributed by atoms with Crippen LogP contribution in [-0.2, 0) is 0 Å². The van der Waals surface area contributed by atoms with Crippen molar-refractivity contribution in [1.82, 2.24) is 14.1 Å². The average molecular weight is 660 g/mol. The molecule has 0 aliphatic heterocycles. The molecular weight excluding hydrogens is 631 g/mol. The highest BCUT2D eigenvalue weighted by atomic mass is 15.1. The predicted molar refractivity (Wildman–Crippen MR) is 218 cm³/mol. The molecule has 3 heterocycles. The lowest BCUT2D eigenvalue weighted by Crippen LogP contribution is -1.99. The predicted octanol–water partition coefficient (Wildman–Crippen LogP) is 12.9. The van der Waals surface area contributed by atoms with Crippen LogP contribution in [0.4, 0.5) is 0 Å². The van der Waals surface area contributed by atoms with Gasteiger partial charge >= 0.3 is 0 Å². The van der Waals surface area contributed by atoms with Gasteiger partial charge in [0.15, 0.2) is 0 Å². The maximum Gasteiger partial charge on any atom is 0.138 e. The van der Waals surface area contributed by atoms with Gasteiger partial charge in [-0.05, 0) is 86.9 Å². The second-order valence-electron chi connectivity index (χ2n) is 13.9. The van der Waals surface area contributed by atoms with Crippen molar-refractivity contribution in [3.63, 3.8) is 0 Å². The zero-order valence-corrected chi connectivity index (χ0v) is 28.1. The molecule has 0 unspecified atom stereocenters. The lowest BCUT2D eigenvalue weighted by molar-refractivity contribution is 1.09. The van der Waals surface area contributed by atoms with Crippen LogP contribution in [0.15, 0.2) is 176 Å². The molecule has 0 amide bonds. The molecule has 3 nitrogen and oxygen atoms in total. The highest BCUT2D eigenvalue weighted by Gasteiger charge is 2.25. The van der Waals surface area contributed by atoms with E-state index < -0.39 is 0 Å². The van der Waals surface area contributed by atoms with Crippen molar-refractivity contribution in [2.75, 3.05) is 0 Å². The Balaban J connectivity index is 1.14. The first-order valence-electron chi connectivity index (χ1n) is 17.9. The van der Waals surface area contributed by atoms with E-state index >= 15 is 0 Å². The Labute approximate surface area is 299 Å². The normalized spacial score (nSPS) is 12.2. The van der Waals surface area contributed by atoms with E-state index in [1.165, 1.54) is 81.9 Å². The molecule has 240 valence electrons. The van der Waals surface area contributed by atoms with E-state index in [1.54, 1.807) is 0 Å². The van der Waals surface area contributed by atoms with E-state index in [2.05, 4.69) is 185 Å². The molecule has 0 N–H and O–H groups in total. The third kappa shape index (κ3) is 3.66. The monoisotopic (exact) mass is 659 g/mol. The largest absolute Gasteiger partial charge is 0.309 e. The fourth-order valence-corrected chi connectivity index (χ4v) is 9.07. The van der Waals surface area contributed by atoms with Gasteiger partial charge in [0.1, 0.15) is 5.82 Å². The summed E-state index contributed by atoms with van der Waals surface area (Å²) in [5.41, 5.74) is 13.1. The van der Waals surface area contributed by atoms with Crippen LogP contribution in [0.25, 0.3) is 110 Å². The van der Waals surface area contributed by atoms with Gasteiger partial charge in [-0.15, -0.1) is 0 Å². The van der Waals surface area contributed by atoms with Crippen molar-refractivity contribution in [3.8, 4) is 45.0 Å². The van der Waals surface area contributed by atoms with E-state index in [0.717, 1.165) is 28.2 Å². The summed E-state index contributed by atoms with van der Waals surface area (Å²) >= 11 is 0. The van der Waals surface area contributed by atoms with Crippen LogP contribution in [0.5, 0.6) is 0 Å². The molecular formula is C49H29N3. The van der Waals surface area contributed by atoms with Crippen LogP contribution in [-0.4, -0.2) is 14.1 Å². The van der Waals surface area contributed by atoms with Gasteiger partial charge < -0.3 is 4.57 Å². The maximum atomic E-state index is 5.43. The minimum atomic E-state index is 0.939. The van der Waals surface area contributed by atoms with Gasteiger partial charge in [0.25, 0.3) is 0 Å². The molecule has 12 rings (SSSR count). The van der Waals surface area contributed by atoms with E-state index in [9.17, 15) is 0 Å². The molecule has 0 radical (unpaired) electrons. The summed E-state index contributed by atoms with van der Waals surface area (Å²) in [4.78, 5) is 5.43. The zero-order valence-electron chi connectivity index (χ0n) is 28.1. The van der Waals surface area contributed by atoms with Gasteiger partial charge in [-0.1, -0.05) is 127 Å². The molecule has 3 heteroatoms. The highest BCUT2D eigenvalue weighted by Crippen LogP contribution is 2.47. The van der Waals surface area contributed by atoms with Crippen molar-refractivity contribution < 1.29 is 0 Å². The van der Waals surface area contributed by atoms with Crippen molar-refractivity contribution in [2.24, 2.45) is 0 Å². The molecule has 0 saturated carbocycles. The molecule has 11 aromatic rings. The van der Waals surface area contributed by atoms with E-state index in [0.29, 0.717) is 0 Å². The number of para-hydroxylation sites is 3. The highest BCUT2D eigenvalue weighted by molar-refractivity contribution is 6.24. The summed E-state index contributed by atoms with van der Waals surface area (Å²) in [6, 6.07) is 64.1. The Hall–Kier alpha value is -6.97. The molecule has 0 spiro atoms. The number of nitrogens with zero attached hydrogens (tertiary/aromatic N) is 3. The molecule has 52 heavy (non-hydrogen) atoms. The zero-order chi connectivity index (χ0) is 33.9. The standard InChI is InChI=1S/C49H29N3/c1-2-14-32(15-3-1)51-43-24-11-9-21-39(43)48-37-19-6-4-17-34(37)40(29-45(48)51)30-25-26-44-41(27-30)35-18-8-10-23-42(35)52(44)46-28-31-13-12-22-36-33-16-5-7-20-38(33)49(50-46)47(31)36/h1-29H. The first-order chi connectivity index (χ1) is 25.8. The second-order valence-corrected chi connectivity index (χ2v) is 13.9. The molecule has 0 fully saturated rings. The van der Waals surface area contributed by atoms with E-state index in [4.69, 9.17) is 4.98 Å². The fourth-order valence-electron chi connectivity index (χ4n) is 9.07. The third-order valence-corrected chi connectivity index (χ3v) is 11.2. The van der Waals surface area contributed by atoms with Gasteiger partial charge in [0.2, 0.25) is 0 Å². The fraction of sp³-hybridized carbons (Fsp3) is 0. The number of hydrogen-bond acceptors (Lipinski definition) is 1. The number of hydrogen-bond donors (Lipinski definition) is 0. The smallest absolute Gasteiger partial charge is 0.138 e. The SMILES string of the molecule is c1ccc(-n2c3ccccc3c3c4ccccc4c(-c4ccc5c(c4)c4ccccc4n5-c4cc5cccc6c5c(n4)-c4ccccc4-6)cc32)cc1. The summed E-state index contributed by atoms with van der Waals surface area (Å²) < 4.78 is 4.77. The Kier molecular flexibility index (Phi) is 5.50. The second kappa shape index (κ2) is 10.3. The van der Waals surface area contributed by atoms with Gasteiger partial charge in [-0.25, -0.2) is 4.98 Å².